The highest BCUT2D eigenvalue weighted by Gasteiger charge is 2.20. The largest absolute Gasteiger partial charge is 0.324 e. The number of thiophene rings is 1. The molecule has 2 heterocycles. The molecule has 4 aromatic rings. The van der Waals surface area contributed by atoms with Crippen LogP contribution in [0.5, 0.6) is 0 Å². The summed E-state index contributed by atoms with van der Waals surface area (Å²) in [5, 5.41) is 15.1. The van der Waals surface area contributed by atoms with Crippen LogP contribution in [-0.2, 0) is 11.3 Å². The van der Waals surface area contributed by atoms with Gasteiger partial charge in [-0.25, -0.2) is 0 Å². The maximum atomic E-state index is 12.5. The first kappa shape index (κ1) is 24.0. The van der Waals surface area contributed by atoms with Gasteiger partial charge in [0.15, 0.2) is 11.0 Å². The second-order valence-corrected chi connectivity index (χ2v) is 10.8. The molecule has 0 radical (unpaired) electrons. The van der Waals surface area contributed by atoms with Crippen molar-refractivity contribution in [2.45, 2.75) is 32.5 Å². The highest BCUT2D eigenvalue weighted by molar-refractivity contribution is 9.10. The van der Waals surface area contributed by atoms with E-state index in [0.29, 0.717) is 22.4 Å². The average molecular weight is 562 g/mol. The summed E-state index contributed by atoms with van der Waals surface area (Å²) in [6, 6.07) is 13.9. The van der Waals surface area contributed by atoms with Gasteiger partial charge in [-0.2, -0.15) is 0 Å². The van der Waals surface area contributed by atoms with Gasteiger partial charge in [0, 0.05) is 32.4 Å². The second kappa shape index (κ2) is 10.4. The van der Waals surface area contributed by atoms with E-state index in [9.17, 15) is 4.79 Å². The topological polar surface area (TPSA) is 59.8 Å². The second-order valence-electron chi connectivity index (χ2n) is 7.46. The number of carbonyl (C=O) groups is 1. The van der Waals surface area contributed by atoms with Crippen LogP contribution < -0.4 is 5.32 Å². The summed E-state index contributed by atoms with van der Waals surface area (Å²) in [5.74, 6) is 0.873. The van der Waals surface area contributed by atoms with Crippen molar-refractivity contribution in [3.05, 3.63) is 67.8 Å². The summed E-state index contributed by atoms with van der Waals surface area (Å²) in [5.41, 5.74) is 5.22. The average Bonchev–Trinajstić information content (AvgIpc) is 3.37. The number of rotatable bonds is 7. The van der Waals surface area contributed by atoms with Gasteiger partial charge in [-0.15, -0.1) is 21.5 Å². The summed E-state index contributed by atoms with van der Waals surface area (Å²) >= 11 is 12.6. The number of carbonyl (C=O) groups excluding carboxylic acids is 1. The normalized spacial score (nSPS) is 11.1. The van der Waals surface area contributed by atoms with Crippen molar-refractivity contribution in [2.75, 3.05) is 11.1 Å². The van der Waals surface area contributed by atoms with Crippen LogP contribution >= 0.6 is 50.6 Å². The minimum atomic E-state index is -0.150. The van der Waals surface area contributed by atoms with Crippen LogP contribution in [0.1, 0.15) is 17.4 Å². The quantitative estimate of drug-likeness (QED) is 0.238. The molecule has 0 spiro atoms. The fourth-order valence-corrected chi connectivity index (χ4v) is 5.87. The van der Waals surface area contributed by atoms with Gasteiger partial charge in [-0.05, 0) is 44.5 Å². The zero-order chi connectivity index (χ0) is 23.5. The molecule has 0 saturated carbocycles. The molecule has 2 aromatic carbocycles. The van der Waals surface area contributed by atoms with E-state index >= 15 is 0 Å². The molecule has 9 heteroatoms. The number of hydrogen-bond donors (Lipinski definition) is 1. The zero-order valence-corrected chi connectivity index (χ0v) is 22.3. The fraction of sp³-hybridized carbons (Fsp3) is 0.208. The summed E-state index contributed by atoms with van der Waals surface area (Å²) in [7, 11) is 0. The van der Waals surface area contributed by atoms with Crippen LogP contribution in [0.4, 0.5) is 5.69 Å². The summed E-state index contributed by atoms with van der Waals surface area (Å²) in [6.45, 7) is 6.98. The van der Waals surface area contributed by atoms with E-state index in [1.807, 2.05) is 6.07 Å². The van der Waals surface area contributed by atoms with Crippen LogP contribution in [-0.4, -0.2) is 26.4 Å². The first-order valence-electron chi connectivity index (χ1n) is 10.3. The molecule has 0 saturated heterocycles. The number of thioether (sulfide) groups is 1. The third-order valence-electron chi connectivity index (χ3n) is 5.13. The zero-order valence-electron chi connectivity index (χ0n) is 18.4. The lowest BCUT2D eigenvalue weighted by molar-refractivity contribution is -0.113. The smallest absolute Gasteiger partial charge is 0.234 e. The standard InChI is InChI=1S/C24H22BrClN4OS2/c1-4-30-23(18-12-32-15(3)22(18)16-7-5-14(2)6-8-16)28-29-24(30)33-13-21(31)27-20-10-9-17(25)11-19(20)26/h5-12H,4,13H2,1-3H3,(H,27,31). The number of benzene rings is 2. The number of halogens is 2. The van der Waals surface area contributed by atoms with Gasteiger partial charge in [0.1, 0.15) is 0 Å². The molecule has 1 N–H and O–H groups in total. The Morgan fingerprint density at radius 2 is 1.94 bits per heavy atom. The van der Waals surface area contributed by atoms with Crippen molar-refractivity contribution in [1.82, 2.24) is 14.8 Å². The van der Waals surface area contributed by atoms with Crippen LogP contribution in [0.3, 0.4) is 0 Å². The van der Waals surface area contributed by atoms with Gasteiger partial charge in [-0.3, -0.25) is 4.79 Å². The van der Waals surface area contributed by atoms with E-state index in [0.717, 1.165) is 15.9 Å². The Bertz CT molecular complexity index is 1300. The number of nitrogens with zero attached hydrogens (tertiary/aromatic N) is 3. The molecule has 0 unspecified atom stereocenters. The lowest BCUT2D eigenvalue weighted by atomic mass is 10.0. The van der Waals surface area contributed by atoms with Crippen molar-refractivity contribution in [3.8, 4) is 22.5 Å². The van der Waals surface area contributed by atoms with Gasteiger partial charge < -0.3 is 9.88 Å². The molecule has 170 valence electrons. The molecule has 33 heavy (non-hydrogen) atoms. The fourth-order valence-electron chi connectivity index (χ4n) is 3.49. The molecule has 0 fully saturated rings. The number of aromatic nitrogens is 3. The lowest BCUT2D eigenvalue weighted by Gasteiger charge is -2.10. The molecule has 2 aromatic heterocycles. The number of nitrogens with one attached hydrogen (secondary N) is 1. The van der Waals surface area contributed by atoms with Crippen LogP contribution in [0.15, 0.2) is 57.5 Å². The first-order valence-corrected chi connectivity index (χ1v) is 13.4. The Morgan fingerprint density at radius 1 is 1.18 bits per heavy atom. The number of hydrogen-bond acceptors (Lipinski definition) is 5. The molecule has 4 rings (SSSR count). The maximum absolute atomic E-state index is 12.5. The molecule has 0 atom stereocenters. The predicted octanol–water partition coefficient (Wildman–Crippen LogP) is 7.46. The maximum Gasteiger partial charge on any atom is 0.234 e. The molecule has 1 amide bonds. The number of anilines is 1. The van der Waals surface area contributed by atoms with Crippen LogP contribution in [0.2, 0.25) is 5.02 Å². The van der Waals surface area contributed by atoms with Crippen molar-refractivity contribution < 1.29 is 4.79 Å². The minimum Gasteiger partial charge on any atom is -0.324 e. The number of amides is 1. The highest BCUT2D eigenvalue weighted by atomic mass is 79.9. The van der Waals surface area contributed by atoms with E-state index in [2.05, 4.69) is 86.4 Å². The Hall–Kier alpha value is -2.13. The van der Waals surface area contributed by atoms with Gasteiger partial charge in [0.2, 0.25) is 5.91 Å². The van der Waals surface area contributed by atoms with Crippen molar-refractivity contribution in [1.29, 1.82) is 0 Å². The van der Waals surface area contributed by atoms with Crippen molar-refractivity contribution in [2.24, 2.45) is 0 Å². The van der Waals surface area contributed by atoms with Gasteiger partial charge in [0.05, 0.1) is 16.5 Å². The van der Waals surface area contributed by atoms with E-state index in [-0.39, 0.29) is 11.7 Å². The third kappa shape index (κ3) is 5.35. The Morgan fingerprint density at radius 3 is 2.64 bits per heavy atom. The lowest BCUT2D eigenvalue weighted by Crippen LogP contribution is -2.15. The summed E-state index contributed by atoms with van der Waals surface area (Å²) in [6.07, 6.45) is 0. The Kier molecular flexibility index (Phi) is 7.58. The monoisotopic (exact) mass is 560 g/mol. The van der Waals surface area contributed by atoms with E-state index in [1.165, 1.54) is 33.3 Å². The minimum absolute atomic E-state index is 0.150. The Labute approximate surface area is 214 Å². The Balaban J connectivity index is 1.55. The molecule has 0 aliphatic carbocycles. The molecule has 5 nitrogen and oxygen atoms in total. The van der Waals surface area contributed by atoms with Crippen molar-refractivity contribution in [3.63, 3.8) is 0 Å². The van der Waals surface area contributed by atoms with E-state index < -0.39 is 0 Å². The van der Waals surface area contributed by atoms with Crippen LogP contribution in [0.25, 0.3) is 22.5 Å². The molecule has 0 bridgehead atoms. The third-order valence-corrected chi connectivity index (χ3v) is 7.81. The summed E-state index contributed by atoms with van der Waals surface area (Å²) < 4.78 is 2.92. The first-order chi connectivity index (χ1) is 15.9. The van der Waals surface area contributed by atoms with E-state index in [1.54, 1.807) is 23.5 Å². The number of aryl methyl sites for hydroxylation is 2. The van der Waals surface area contributed by atoms with Gasteiger partial charge >= 0.3 is 0 Å². The van der Waals surface area contributed by atoms with Gasteiger partial charge in [0.25, 0.3) is 0 Å². The van der Waals surface area contributed by atoms with Crippen LogP contribution in [0, 0.1) is 13.8 Å². The molecular weight excluding hydrogens is 540 g/mol. The van der Waals surface area contributed by atoms with Gasteiger partial charge in [-0.1, -0.05) is 69.1 Å². The van der Waals surface area contributed by atoms with Crippen molar-refractivity contribution >= 4 is 62.2 Å². The summed E-state index contributed by atoms with van der Waals surface area (Å²) in [4.78, 5) is 13.7. The SMILES string of the molecule is CCn1c(SCC(=O)Nc2ccc(Br)cc2Cl)nnc1-c1csc(C)c1-c1ccc(C)cc1. The molecule has 0 aliphatic heterocycles. The highest BCUT2D eigenvalue weighted by Crippen LogP contribution is 2.39. The molecule has 0 aliphatic rings. The molecular formula is C24H22BrClN4OS2. The van der Waals surface area contributed by atoms with E-state index in [4.69, 9.17) is 11.6 Å². The predicted molar refractivity (Wildman–Crippen MR) is 142 cm³/mol.